The molecular weight excluding hydrogens is 568 g/mol. The van der Waals surface area contributed by atoms with E-state index in [0.29, 0.717) is 59.0 Å². The summed E-state index contributed by atoms with van der Waals surface area (Å²) in [5.74, 6) is 0.380. The Morgan fingerprint density at radius 1 is 1.00 bits per heavy atom. The number of carbonyl (C=O) groups excluding carboxylic acids is 3. The molecule has 1 heterocycles. The van der Waals surface area contributed by atoms with Crippen molar-refractivity contribution in [3.8, 4) is 0 Å². The lowest BCUT2D eigenvalue weighted by atomic mass is 9.65. The Balaban J connectivity index is 1.31. The zero-order valence-corrected chi connectivity index (χ0v) is 27.2. The molecule has 11 heteroatoms. The van der Waals surface area contributed by atoms with Crippen molar-refractivity contribution in [2.45, 2.75) is 85.0 Å². The summed E-state index contributed by atoms with van der Waals surface area (Å²) >= 11 is 0. The van der Waals surface area contributed by atoms with Crippen LogP contribution in [0.4, 0.5) is 4.79 Å². The third-order valence-electron chi connectivity index (χ3n) is 8.22. The molecule has 0 unspecified atom stereocenters. The maximum Gasteiger partial charge on any atom is 0.407 e. The van der Waals surface area contributed by atoms with Crippen molar-refractivity contribution in [2.24, 2.45) is 29.1 Å². The summed E-state index contributed by atoms with van der Waals surface area (Å²) in [6.45, 7) is 13.2. The second-order valence-corrected chi connectivity index (χ2v) is 13.6. The number of rotatable bonds is 16. The van der Waals surface area contributed by atoms with E-state index in [1.807, 2.05) is 0 Å². The molecule has 1 fully saturated rings. The number of allylic oxidation sites excluding steroid dienone is 3. The van der Waals surface area contributed by atoms with Crippen molar-refractivity contribution in [1.29, 1.82) is 0 Å². The van der Waals surface area contributed by atoms with Crippen LogP contribution >= 0.6 is 0 Å². The van der Waals surface area contributed by atoms with Crippen LogP contribution in [0.5, 0.6) is 0 Å². The summed E-state index contributed by atoms with van der Waals surface area (Å²) in [6.07, 6.45) is 7.76. The minimum absolute atomic E-state index is 0.00874. The molecule has 0 spiro atoms. The van der Waals surface area contributed by atoms with Crippen LogP contribution in [0.2, 0.25) is 0 Å². The SMILES string of the molecule is C[C@H]1C=C2C=C[C@H](C)[C@H](CC[C@@H]3C[C@@H](O)CC(=O)O3)[C@H]2[C@@H](OC(=O)NCCOCCOCCOCC(=O)NCC(C)(C)C)C1. The summed E-state index contributed by atoms with van der Waals surface area (Å²) < 4.78 is 27.8. The number of fused-ring (bicyclic) bond motifs is 1. The van der Waals surface area contributed by atoms with Crippen LogP contribution in [0.3, 0.4) is 0 Å². The number of aliphatic hydroxyl groups excluding tert-OH is 1. The maximum absolute atomic E-state index is 12.8. The zero-order valence-electron chi connectivity index (χ0n) is 27.2. The monoisotopic (exact) mass is 622 g/mol. The topological polar surface area (TPSA) is 142 Å². The third kappa shape index (κ3) is 12.9. The zero-order chi connectivity index (χ0) is 32.1. The Bertz CT molecular complexity index is 992. The lowest BCUT2D eigenvalue weighted by Crippen LogP contribution is -2.43. The molecule has 0 aromatic carbocycles. The van der Waals surface area contributed by atoms with Crippen LogP contribution in [0.25, 0.3) is 0 Å². The molecular formula is C33H54N2O9. The molecule has 0 bridgehead atoms. The molecule has 3 rings (SSSR count). The Morgan fingerprint density at radius 3 is 2.41 bits per heavy atom. The first kappa shape index (κ1) is 36.0. The molecule has 3 aliphatic rings. The second kappa shape index (κ2) is 17.9. The number of esters is 1. The number of cyclic esters (lactones) is 1. The number of alkyl carbamates (subject to hydrolysis) is 1. The van der Waals surface area contributed by atoms with E-state index in [0.717, 1.165) is 12.8 Å². The summed E-state index contributed by atoms with van der Waals surface area (Å²) in [5, 5.41) is 15.6. The summed E-state index contributed by atoms with van der Waals surface area (Å²) in [4.78, 5) is 36.3. The molecule has 3 N–H and O–H groups in total. The largest absolute Gasteiger partial charge is 0.462 e. The maximum atomic E-state index is 12.8. The van der Waals surface area contributed by atoms with E-state index >= 15 is 0 Å². The Kier molecular flexibility index (Phi) is 14.6. The molecule has 1 saturated heterocycles. The first-order chi connectivity index (χ1) is 20.9. The van der Waals surface area contributed by atoms with Gasteiger partial charge in [-0.1, -0.05) is 52.8 Å². The van der Waals surface area contributed by atoms with Gasteiger partial charge < -0.3 is 39.4 Å². The van der Waals surface area contributed by atoms with Gasteiger partial charge in [-0.05, 0) is 48.0 Å². The first-order valence-electron chi connectivity index (χ1n) is 16.1. The van der Waals surface area contributed by atoms with Gasteiger partial charge >= 0.3 is 12.1 Å². The molecule has 11 nitrogen and oxygen atoms in total. The van der Waals surface area contributed by atoms with Gasteiger partial charge in [0.1, 0.15) is 18.8 Å². The molecule has 44 heavy (non-hydrogen) atoms. The fourth-order valence-electron chi connectivity index (χ4n) is 6.06. The number of ether oxygens (including phenoxy) is 5. The van der Waals surface area contributed by atoms with Crippen molar-refractivity contribution in [1.82, 2.24) is 10.6 Å². The molecule has 2 amide bonds. The predicted molar refractivity (Wildman–Crippen MR) is 165 cm³/mol. The molecule has 0 aromatic heterocycles. The Morgan fingerprint density at radius 2 is 1.70 bits per heavy atom. The number of carbonyl (C=O) groups is 3. The van der Waals surface area contributed by atoms with Crippen LogP contribution in [-0.4, -0.2) is 94.1 Å². The van der Waals surface area contributed by atoms with Crippen molar-refractivity contribution in [2.75, 3.05) is 52.7 Å². The van der Waals surface area contributed by atoms with E-state index in [2.05, 4.69) is 63.5 Å². The lowest BCUT2D eigenvalue weighted by Gasteiger charge is -2.43. The highest BCUT2D eigenvalue weighted by Gasteiger charge is 2.42. The highest BCUT2D eigenvalue weighted by atomic mass is 16.6. The number of aliphatic hydroxyl groups is 1. The van der Waals surface area contributed by atoms with Crippen LogP contribution in [0.15, 0.2) is 23.8 Å². The minimum Gasteiger partial charge on any atom is -0.462 e. The molecule has 2 aliphatic carbocycles. The number of amides is 2. The van der Waals surface area contributed by atoms with Crippen LogP contribution in [-0.2, 0) is 33.3 Å². The van der Waals surface area contributed by atoms with Gasteiger partial charge in [0.2, 0.25) is 5.91 Å². The molecule has 0 saturated carbocycles. The Hall–Kier alpha value is -2.47. The summed E-state index contributed by atoms with van der Waals surface area (Å²) in [7, 11) is 0. The minimum atomic E-state index is -0.643. The van der Waals surface area contributed by atoms with Gasteiger partial charge in [0.05, 0.1) is 45.6 Å². The van der Waals surface area contributed by atoms with Gasteiger partial charge in [-0.25, -0.2) is 4.79 Å². The van der Waals surface area contributed by atoms with Gasteiger partial charge in [0.25, 0.3) is 0 Å². The van der Waals surface area contributed by atoms with Crippen LogP contribution in [0, 0.1) is 29.1 Å². The van der Waals surface area contributed by atoms with E-state index < -0.39 is 12.2 Å². The highest BCUT2D eigenvalue weighted by Crippen LogP contribution is 2.45. The van der Waals surface area contributed by atoms with E-state index in [9.17, 15) is 19.5 Å². The van der Waals surface area contributed by atoms with Gasteiger partial charge in [0, 0.05) is 25.4 Å². The number of hydrogen-bond donors (Lipinski definition) is 3. The van der Waals surface area contributed by atoms with E-state index in [1.54, 1.807) is 0 Å². The molecule has 7 atom stereocenters. The second-order valence-electron chi connectivity index (χ2n) is 13.6. The normalized spacial score (nSPS) is 28.5. The van der Waals surface area contributed by atoms with Gasteiger partial charge in [-0.15, -0.1) is 0 Å². The average molecular weight is 623 g/mol. The third-order valence-corrected chi connectivity index (χ3v) is 8.22. The average Bonchev–Trinajstić information content (AvgIpc) is 2.93. The quantitative estimate of drug-likeness (QED) is 0.174. The highest BCUT2D eigenvalue weighted by molar-refractivity contribution is 5.77. The first-order valence-corrected chi connectivity index (χ1v) is 16.1. The van der Waals surface area contributed by atoms with Crippen molar-refractivity contribution in [3.63, 3.8) is 0 Å². The van der Waals surface area contributed by atoms with Crippen LogP contribution in [0.1, 0.15) is 66.7 Å². The van der Waals surface area contributed by atoms with E-state index in [1.165, 1.54) is 5.57 Å². The number of hydrogen-bond acceptors (Lipinski definition) is 9. The van der Waals surface area contributed by atoms with Crippen molar-refractivity contribution >= 4 is 18.0 Å². The molecule has 1 aliphatic heterocycles. The molecule has 0 radical (unpaired) electrons. The summed E-state index contributed by atoms with van der Waals surface area (Å²) in [5.41, 5.74) is 1.23. The molecule has 250 valence electrons. The van der Waals surface area contributed by atoms with Crippen molar-refractivity contribution in [3.05, 3.63) is 23.8 Å². The fourth-order valence-corrected chi connectivity index (χ4v) is 6.06. The summed E-state index contributed by atoms with van der Waals surface area (Å²) in [6, 6.07) is 0. The van der Waals surface area contributed by atoms with Crippen LogP contribution < -0.4 is 10.6 Å². The van der Waals surface area contributed by atoms with E-state index in [-0.39, 0.29) is 66.2 Å². The molecule has 0 aromatic rings. The standard InChI is InChI=1S/C33H54N2O9/c1-22-16-24-7-6-23(2)27(9-8-26-18-25(36)19-30(38)43-26)31(24)28(17-22)44-32(39)34-10-11-40-12-13-41-14-15-42-20-29(37)35-21-33(3,4)5/h6-7,16,22-23,25-28,31,36H,8-15,17-21H2,1-5H3,(H,34,39)(H,35,37)/t22-,23-,25+,26+,27-,28-,31-/m0/s1. The van der Waals surface area contributed by atoms with Gasteiger partial charge in [-0.2, -0.15) is 0 Å². The predicted octanol–water partition coefficient (Wildman–Crippen LogP) is 3.54. The number of nitrogens with one attached hydrogen (secondary N) is 2. The smallest absolute Gasteiger partial charge is 0.407 e. The van der Waals surface area contributed by atoms with E-state index in [4.69, 9.17) is 23.7 Å². The fraction of sp³-hybridized carbons (Fsp3) is 0.788. The lowest BCUT2D eigenvalue weighted by molar-refractivity contribution is -0.160. The van der Waals surface area contributed by atoms with Gasteiger partial charge in [-0.3, -0.25) is 9.59 Å². The van der Waals surface area contributed by atoms with Gasteiger partial charge in [0.15, 0.2) is 0 Å². The van der Waals surface area contributed by atoms with Crippen molar-refractivity contribution < 1.29 is 43.2 Å². The Labute approximate surface area is 262 Å².